The van der Waals surface area contributed by atoms with Gasteiger partial charge in [0.1, 0.15) is 0 Å². The molecule has 18 heavy (non-hydrogen) atoms. The molecule has 0 nitrogen and oxygen atoms in total. The standard InChI is InChI=1S/C16H17.ClH.Rh/c1-2-9-16(14-10-5-3-6-11-14)15-12-7-4-8-13-15;;/h3-8,10-13,16H,1-2,9H2;1H;/q;;+1/p-1. The summed E-state index contributed by atoms with van der Waals surface area (Å²) in [7, 11) is 5.85. The van der Waals surface area contributed by atoms with Gasteiger partial charge in [0.2, 0.25) is 0 Å². The maximum atomic E-state index is 5.85. The van der Waals surface area contributed by atoms with Gasteiger partial charge in [-0.1, -0.05) is 0 Å². The molecule has 0 heterocycles. The normalized spacial score (nSPS) is 11.0. The minimum absolute atomic E-state index is 0.218. The summed E-state index contributed by atoms with van der Waals surface area (Å²) in [6, 6.07) is 21.5. The second kappa shape index (κ2) is 7.71. The van der Waals surface area contributed by atoms with Crippen molar-refractivity contribution in [1.82, 2.24) is 0 Å². The van der Waals surface area contributed by atoms with E-state index in [4.69, 9.17) is 9.69 Å². The predicted molar refractivity (Wildman–Crippen MR) is 74.6 cm³/mol. The zero-order chi connectivity index (χ0) is 12.6. The summed E-state index contributed by atoms with van der Waals surface area (Å²) >= 11 is 0.218. The van der Waals surface area contributed by atoms with E-state index in [1.807, 2.05) is 0 Å². The molecular weight excluding hydrogens is 331 g/mol. The van der Waals surface area contributed by atoms with Gasteiger partial charge in [0, 0.05) is 0 Å². The fourth-order valence-corrected chi connectivity index (χ4v) is 3.29. The number of hydrogen-bond acceptors (Lipinski definition) is 0. The third-order valence-electron chi connectivity index (χ3n) is 3.08. The molecule has 0 saturated carbocycles. The third-order valence-corrected chi connectivity index (χ3v) is 4.71. The van der Waals surface area contributed by atoms with Gasteiger partial charge < -0.3 is 0 Å². The third kappa shape index (κ3) is 3.93. The molecule has 2 heteroatoms. The number of rotatable bonds is 6. The van der Waals surface area contributed by atoms with Crippen molar-refractivity contribution in [3.8, 4) is 0 Å². The van der Waals surface area contributed by atoms with Crippen molar-refractivity contribution < 1.29 is 16.1 Å². The summed E-state index contributed by atoms with van der Waals surface area (Å²) in [5.74, 6) is 0.507. The Morgan fingerprint density at radius 2 is 1.33 bits per heavy atom. The van der Waals surface area contributed by atoms with Crippen molar-refractivity contribution in [2.24, 2.45) is 0 Å². The summed E-state index contributed by atoms with van der Waals surface area (Å²) in [6.45, 7) is 0. The summed E-state index contributed by atoms with van der Waals surface area (Å²) in [5.41, 5.74) is 2.82. The topological polar surface area (TPSA) is 0 Å². The quantitative estimate of drug-likeness (QED) is 0.494. The van der Waals surface area contributed by atoms with E-state index < -0.39 is 0 Å². The van der Waals surface area contributed by atoms with Crippen molar-refractivity contribution in [1.29, 1.82) is 0 Å². The molecule has 0 spiro atoms. The molecule has 0 bridgehead atoms. The Bertz CT molecular complexity index is 402. The van der Waals surface area contributed by atoms with Gasteiger partial charge >= 0.3 is 121 Å². The van der Waals surface area contributed by atoms with Crippen LogP contribution in [0.5, 0.6) is 0 Å². The van der Waals surface area contributed by atoms with Gasteiger partial charge in [-0.2, -0.15) is 0 Å². The Kier molecular flexibility index (Phi) is 5.91. The monoisotopic (exact) mass is 347 g/mol. The molecule has 0 amide bonds. The molecule has 0 unspecified atom stereocenters. The molecular formula is C16H17ClRh. The van der Waals surface area contributed by atoms with E-state index in [2.05, 4.69) is 60.7 Å². The van der Waals surface area contributed by atoms with Crippen LogP contribution in [0.1, 0.15) is 29.9 Å². The molecule has 0 saturated heterocycles. The van der Waals surface area contributed by atoms with Crippen LogP contribution in [0, 0.1) is 0 Å². The van der Waals surface area contributed by atoms with Crippen LogP contribution >= 0.6 is 9.69 Å². The Hall–Kier alpha value is -0.647. The van der Waals surface area contributed by atoms with Gasteiger partial charge in [0.25, 0.3) is 0 Å². The summed E-state index contributed by atoms with van der Waals surface area (Å²) < 4.78 is 0. The summed E-state index contributed by atoms with van der Waals surface area (Å²) in [4.78, 5) is 0. The molecule has 0 N–H and O–H groups in total. The molecule has 2 aromatic carbocycles. The molecule has 2 rings (SSSR count). The van der Waals surface area contributed by atoms with Crippen molar-refractivity contribution in [2.75, 3.05) is 0 Å². The van der Waals surface area contributed by atoms with Crippen LogP contribution in [0.4, 0.5) is 0 Å². The van der Waals surface area contributed by atoms with Crippen LogP contribution in [0.25, 0.3) is 0 Å². The van der Waals surface area contributed by atoms with Crippen LogP contribution in [-0.4, -0.2) is 0 Å². The SMILES string of the molecule is [Cl][Rh][CH2]CCC(c1ccccc1)c1ccccc1. The Balaban J connectivity index is 2.18. The number of halogens is 1. The van der Waals surface area contributed by atoms with Crippen molar-refractivity contribution in [3.05, 3.63) is 71.8 Å². The van der Waals surface area contributed by atoms with Crippen molar-refractivity contribution >= 4 is 9.69 Å². The van der Waals surface area contributed by atoms with E-state index in [0.29, 0.717) is 5.92 Å². The van der Waals surface area contributed by atoms with Gasteiger partial charge in [-0.15, -0.1) is 0 Å². The van der Waals surface area contributed by atoms with Crippen molar-refractivity contribution in [3.63, 3.8) is 0 Å². The van der Waals surface area contributed by atoms with E-state index in [1.165, 1.54) is 24.0 Å². The first-order chi connectivity index (χ1) is 8.92. The molecule has 0 aliphatic carbocycles. The van der Waals surface area contributed by atoms with Gasteiger partial charge in [0.15, 0.2) is 0 Å². The fourth-order valence-electron chi connectivity index (χ4n) is 2.21. The molecule has 0 fully saturated rings. The van der Waals surface area contributed by atoms with Crippen LogP contribution in [-0.2, 0) is 16.1 Å². The Morgan fingerprint density at radius 1 is 0.833 bits per heavy atom. The summed E-state index contributed by atoms with van der Waals surface area (Å²) in [6.07, 6.45) is 2.39. The average molecular weight is 348 g/mol. The summed E-state index contributed by atoms with van der Waals surface area (Å²) in [5, 5.41) is 1.16. The van der Waals surface area contributed by atoms with Gasteiger partial charge in [-0.3, -0.25) is 0 Å². The molecule has 2 aromatic rings. The van der Waals surface area contributed by atoms with Crippen LogP contribution in [0.15, 0.2) is 60.7 Å². The molecule has 0 atom stereocenters. The van der Waals surface area contributed by atoms with E-state index in [0.717, 1.165) is 5.02 Å². The predicted octanol–water partition coefficient (Wildman–Crippen LogP) is 5.25. The Labute approximate surface area is 121 Å². The molecule has 0 aliphatic heterocycles. The van der Waals surface area contributed by atoms with Crippen molar-refractivity contribution in [2.45, 2.75) is 23.8 Å². The molecule has 0 aromatic heterocycles. The zero-order valence-electron chi connectivity index (χ0n) is 10.2. The van der Waals surface area contributed by atoms with E-state index in [-0.39, 0.29) is 16.1 Å². The van der Waals surface area contributed by atoms with E-state index in [1.54, 1.807) is 0 Å². The van der Waals surface area contributed by atoms with E-state index >= 15 is 0 Å². The van der Waals surface area contributed by atoms with Gasteiger partial charge in [-0.05, 0) is 0 Å². The molecule has 0 radical (unpaired) electrons. The van der Waals surface area contributed by atoms with E-state index in [9.17, 15) is 0 Å². The maximum absolute atomic E-state index is 5.85. The Morgan fingerprint density at radius 3 is 1.78 bits per heavy atom. The molecule has 0 aliphatic rings. The first-order valence-corrected chi connectivity index (χ1v) is 9.44. The van der Waals surface area contributed by atoms with Gasteiger partial charge in [0.05, 0.1) is 0 Å². The van der Waals surface area contributed by atoms with Gasteiger partial charge in [-0.25, -0.2) is 0 Å². The van der Waals surface area contributed by atoms with Crippen LogP contribution in [0.3, 0.4) is 0 Å². The first-order valence-electron chi connectivity index (χ1n) is 6.17. The number of hydrogen-bond donors (Lipinski definition) is 0. The second-order valence-corrected chi connectivity index (χ2v) is 6.58. The zero-order valence-corrected chi connectivity index (χ0v) is 12.6. The average Bonchev–Trinajstić information content (AvgIpc) is 2.46. The minimum atomic E-state index is 0.218. The van der Waals surface area contributed by atoms with Crippen LogP contribution < -0.4 is 0 Å². The number of benzene rings is 2. The second-order valence-electron chi connectivity index (χ2n) is 4.27. The fraction of sp³-hybridized carbons (Fsp3) is 0.250. The first kappa shape index (κ1) is 13.8. The van der Waals surface area contributed by atoms with Crippen LogP contribution in [0.2, 0.25) is 5.02 Å². The molecule has 97 valence electrons.